The van der Waals surface area contributed by atoms with Gasteiger partial charge in [-0.3, -0.25) is 0 Å². The van der Waals surface area contributed by atoms with Crippen molar-refractivity contribution in [1.82, 2.24) is 0 Å². The van der Waals surface area contributed by atoms with Crippen molar-refractivity contribution in [3.05, 3.63) is 24.3 Å². The molecule has 782 valence electrons. The first kappa shape index (κ1) is 138. The van der Waals surface area contributed by atoms with Crippen LogP contribution in [0.1, 0.15) is 562 Å². The SMILES string of the molecule is CCCCCCCCCCCCC/C=C/[C@@H](O)[C@@H](N)CO.CCCCCCCCCCCCC/C=C\[C@@H](O)[C@@H](N)CO.CCCCCCCCCCCCCCCCC[C@@H](O)[C@@H](N)CO.CCCCCCCCCCCCCCC[C@@H](O)[C@@H](N)CO.CCCCCCCCCCCCCCC[C@@H](O)[C@H](N)CO.CCCCCCCCCCCCCC[C@@H](O)[C@@H](O)[C@H](N)CO. The fourth-order valence-electron chi connectivity index (χ4n) is 16.1. The molecule has 0 radical (unpaired) electrons. The molecule has 0 aliphatic carbocycles. The Morgan fingerprint density at radius 1 is 0.163 bits per heavy atom. The number of unbranched alkanes of at least 4 members (excludes halogenated alkanes) is 71. The predicted molar refractivity (Wildman–Crippen MR) is 559 cm³/mol. The zero-order chi connectivity index (χ0) is 96.9. The van der Waals surface area contributed by atoms with Gasteiger partial charge in [0.05, 0.1) is 119 Å². The Labute approximate surface area is 801 Å². The molecule has 0 rings (SSSR count). The second-order valence-corrected chi connectivity index (χ2v) is 38.8. The molecule has 0 saturated heterocycles. The third kappa shape index (κ3) is 117. The molecule has 0 bridgehead atoms. The standard InChI is InChI=1S/C20H43NO2.C18H39NO3.2C18H39NO2.2C18H37NO2/c1-2-3-4-5-6-7-8-9-10-11-12-13-14-15-16-17-20(23)19(21)18-22;1-2-3-4-5-6-7-8-9-10-11-12-13-14-17(21)18(22)16(19)15-20;4*1-2-3-4-5-6-7-8-9-10-11-12-13-14-15-18(21)17(19)16-20/h19-20,22-23H,2-18,21H2,1H3;16-18,20-22H,2-15,19H2,1H3;2*17-18,20-21H,2-16,19H2,1H3;2*14-15,17-18,20-21H,2-13,16,19H2,1H3/b;;;;15-14+;15-14-/t19-,20+;16-,17-,18+;17-,18+;17-,18-;2*17-,18+/m010100/s1. The number of hydrogen-bond donors (Lipinski definition) is 19. The van der Waals surface area contributed by atoms with E-state index in [0.29, 0.717) is 6.42 Å². The molecule has 0 aliphatic rings. The monoisotopic (exact) mass is 1850 g/mol. The Hall–Kier alpha value is -1.28. The molecule has 25 N–H and O–H groups in total. The zero-order valence-corrected chi connectivity index (χ0v) is 86.6. The molecule has 19 heteroatoms. The van der Waals surface area contributed by atoms with E-state index in [9.17, 15) is 35.7 Å². The number of allylic oxidation sites excluding steroid dienone is 2. The summed E-state index contributed by atoms with van der Waals surface area (Å²) in [6.45, 7) is 12.6. The summed E-state index contributed by atoms with van der Waals surface area (Å²) in [6.07, 6.45) is 107. The van der Waals surface area contributed by atoms with Crippen LogP contribution in [0.2, 0.25) is 0 Å². The summed E-state index contributed by atoms with van der Waals surface area (Å²) in [6, 6.07) is -3.27. The van der Waals surface area contributed by atoms with Gasteiger partial charge >= 0.3 is 0 Å². The van der Waals surface area contributed by atoms with Crippen LogP contribution in [-0.4, -0.2) is 185 Å². The number of nitrogens with two attached hydrogens (primary N) is 6. The molecule has 0 saturated carbocycles. The van der Waals surface area contributed by atoms with Gasteiger partial charge in [0.1, 0.15) is 0 Å². The summed E-state index contributed by atoms with van der Waals surface area (Å²) >= 11 is 0. The lowest BCUT2D eigenvalue weighted by Gasteiger charge is -2.22. The lowest BCUT2D eigenvalue weighted by atomic mass is 10.00. The summed E-state index contributed by atoms with van der Waals surface area (Å²) in [5, 5.41) is 120. The van der Waals surface area contributed by atoms with Gasteiger partial charge in [-0.1, -0.05) is 535 Å². The van der Waals surface area contributed by atoms with Gasteiger partial charge in [0.25, 0.3) is 0 Å². The average molecular weight is 1850 g/mol. The fraction of sp³-hybridized carbons (Fsp3) is 0.964. The maximum atomic E-state index is 9.74. The van der Waals surface area contributed by atoms with E-state index in [1.54, 1.807) is 12.2 Å². The molecule has 0 aromatic heterocycles. The lowest BCUT2D eigenvalue weighted by molar-refractivity contribution is -0.0121. The van der Waals surface area contributed by atoms with E-state index >= 15 is 0 Å². The second-order valence-electron chi connectivity index (χ2n) is 38.8. The third-order valence-corrected chi connectivity index (χ3v) is 25.7. The summed E-state index contributed by atoms with van der Waals surface area (Å²) in [7, 11) is 0. The lowest BCUT2D eigenvalue weighted by Crippen LogP contribution is -2.45. The highest BCUT2D eigenvalue weighted by molar-refractivity contribution is 4.94. The summed E-state index contributed by atoms with van der Waals surface area (Å²) in [5.41, 5.74) is 33.2. The van der Waals surface area contributed by atoms with E-state index < -0.39 is 79.0 Å². The van der Waals surface area contributed by atoms with Crippen LogP contribution in [0.5, 0.6) is 0 Å². The maximum absolute atomic E-state index is 9.74. The van der Waals surface area contributed by atoms with E-state index in [4.69, 9.17) is 65.0 Å². The van der Waals surface area contributed by atoms with Crippen molar-refractivity contribution < 1.29 is 66.4 Å². The van der Waals surface area contributed by atoms with Gasteiger partial charge in [0, 0.05) is 0 Å². The minimum atomic E-state index is -1.02. The molecule has 129 heavy (non-hydrogen) atoms. The van der Waals surface area contributed by atoms with Crippen LogP contribution in [0.15, 0.2) is 24.3 Å². The number of hydrogen-bond acceptors (Lipinski definition) is 19. The smallest absolute Gasteiger partial charge is 0.0971 e. The first-order chi connectivity index (χ1) is 62.7. The van der Waals surface area contributed by atoms with Gasteiger partial charge in [0.2, 0.25) is 0 Å². The molecule has 0 heterocycles. The fourth-order valence-corrected chi connectivity index (χ4v) is 16.1. The maximum Gasteiger partial charge on any atom is 0.0971 e. The quantitative estimate of drug-likeness (QED) is 0.0199. The Kier molecular flexibility index (Phi) is 130. The number of rotatable bonds is 96. The van der Waals surface area contributed by atoms with Crippen LogP contribution >= 0.6 is 0 Å². The molecule has 0 aromatic carbocycles. The van der Waals surface area contributed by atoms with Crippen molar-refractivity contribution in [2.45, 2.75) is 641 Å². The van der Waals surface area contributed by atoms with Gasteiger partial charge in [-0.05, 0) is 51.4 Å². The van der Waals surface area contributed by atoms with Crippen LogP contribution in [0.3, 0.4) is 0 Å². The van der Waals surface area contributed by atoms with Crippen molar-refractivity contribution in [1.29, 1.82) is 0 Å². The van der Waals surface area contributed by atoms with Crippen LogP contribution in [0, 0.1) is 0 Å². The van der Waals surface area contributed by atoms with Crippen molar-refractivity contribution in [2.24, 2.45) is 34.4 Å². The second kappa shape index (κ2) is 121. The highest BCUT2D eigenvalue weighted by Gasteiger charge is 2.23. The van der Waals surface area contributed by atoms with Crippen LogP contribution in [-0.2, 0) is 0 Å². The van der Waals surface area contributed by atoms with Gasteiger partial charge in [-0.25, -0.2) is 0 Å². The van der Waals surface area contributed by atoms with Crippen molar-refractivity contribution >= 4 is 0 Å². The minimum Gasteiger partial charge on any atom is -0.395 e. The van der Waals surface area contributed by atoms with Crippen LogP contribution in [0.4, 0.5) is 0 Å². The van der Waals surface area contributed by atoms with Crippen LogP contribution < -0.4 is 34.4 Å². The molecule has 13 atom stereocenters. The van der Waals surface area contributed by atoms with E-state index in [2.05, 4.69) is 41.5 Å². The first-order valence-corrected chi connectivity index (χ1v) is 56.0. The number of aliphatic hydroxyl groups is 13. The molecular weight excluding hydrogens is 1610 g/mol. The normalized spacial score (nSPS) is 14.6. The minimum absolute atomic E-state index is 0.125. The predicted octanol–water partition coefficient (Wildman–Crippen LogP) is 24.2. The van der Waals surface area contributed by atoms with E-state index in [0.717, 1.165) is 64.2 Å². The molecule has 0 aromatic rings. The summed E-state index contributed by atoms with van der Waals surface area (Å²) in [5.74, 6) is 0. The van der Waals surface area contributed by atoms with E-state index in [-0.39, 0.29) is 39.6 Å². The summed E-state index contributed by atoms with van der Waals surface area (Å²) < 4.78 is 0. The molecule has 0 unspecified atom stereocenters. The van der Waals surface area contributed by atoms with Crippen molar-refractivity contribution in [2.75, 3.05) is 39.6 Å². The largest absolute Gasteiger partial charge is 0.395 e. The molecule has 0 fully saturated rings. The van der Waals surface area contributed by atoms with Crippen molar-refractivity contribution in [3.8, 4) is 0 Å². The molecule has 0 spiro atoms. The van der Waals surface area contributed by atoms with Crippen molar-refractivity contribution in [3.63, 3.8) is 0 Å². The summed E-state index contributed by atoms with van der Waals surface area (Å²) in [4.78, 5) is 0. The first-order valence-electron chi connectivity index (χ1n) is 56.0. The Balaban J connectivity index is -0.000000352. The molecule has 19 nitrogen and oxygen atoms in total. The van der Waals surface area contributed by atoms with Gasteiger partial charge in [0.15, 0.2) is 0 Å². The third-order valence-electron chi connectivity index (χ3n) is 25.7. The Morgan fingerprint density at radius 2 is 0.295 bits per heavy atom. The van der Waals surface area contributed by atoms with E-state index in [1.165, 1.54) is 449 Å². The van der Waals surface area contributed by atoms with Gasteiger partial charge < -0.3 is 101 Å². The van der Waals surface area contributed by atoms with Crippen LogP contribution in [0.25, 0.3) is 0 Å². The molecule has 0 amide bonds. The van der Waals surface area contributed by atoms with E-state index in [1.807, 2.05) is 12.2 Å². The highest BCUT2D eigenvalue weighted by Crippen LogP contribution is 2.22. The average Bonchev–Trinajstić information content (AvgIpc) is 0.933. The molecular formula is C110H234N6O13. The Morgan fingerprint density at radius 3 is 0.442 bits per heavy atom. The van der Waals surface area contributed by atoms with Gasteiger partial charge in [-0.15, -0.1) is 0 Å². The molecule has 0 aliphatic heterocycles. The Bertz CT molecular complexity index is 1920. The highest BCUT2D eigenvalue weighted by atomic mass is 16.3. The zero-order valence-electron chi connectivity index (χ0n) is 86.6. The topological polar surface area (TPSA) is 419 Å². The number of aliphatic hydroxyl groups excluding tert-OH is 13. The van der Waals surface area contributed by atoms with Gasteiger partial charge in [-0.2, -0.15) is 0 Å².